The molecule has 0 radical (unpaired) electrons. The molecule has 7 heteroatoms. The van der Waals surface area contributed by atoms with Crippen LogP contribution in [0, 0.1) is 10.1 Å². The summed E-state index contributed by atoms with van der Waals surface area (Å²) in [5.74, 6) is -1.47. The van der Waals surface area contributed by atoms with Crippen LogP contribution in [0.5, 0.6) is 0 Å². The van der Waals surface area contributed by atoms with Crippen LogP contribution in [-0.4, -0.2) is 27.3 Å². The molecule has 0 spiro atoms. The van der Waals surface area contributed by atoms with Crippen LogP contribution in [0.4, 0.5) is 5.69 Å². The summed E-state index contributed by atoms with van der Waals surface area (Å²) in [5, 5.41) is 18.8. The van der Waals surface area contributed by atoms with Crippen molar-refractivity contribution in [2.45, 2.75) is 0 Å². The van der Waals surface area contributed by atoms with Crippen LogP contribution in [0.2, 0.25) is 0 Å². The summed E-state index contributed by atoms with van der Waals surface area (Å²) >= 11 is 0. The van der Waals surface area contributed by atoms with Crippen LogP contribution in [0.3, 0.4) is 0 Å². The van der Waals surface area contributed by atoms with Gasteiger partial charge >= 0.3 is 11.7 Å². The topological polar surface area (TPSA) is 113 Å². The molecule has 0 aliphatic heterocycles. The van der Waals surface area contributed by atoms with E-state index in [4.69, 9.17) is 5.11 Å². The Bertz CT molecular complexity index is 380. The van der Waals surface area contributed by atoms with Crippen molar-refractivity contribution in [3.8, 4) is 0 Å². The molecule has 1 aromatic heterocycles. The van der Waals surface area contributed by atoms with Gasteiger partial charge in [-0.15, -0.1) is 0 Å². The number of carboxylic acid groups (broad SMARTS) is 1. The molecule has 13 heavy (non-hydrogen) atoms. The van der Waals surface area contributed by atoms with Gasteiger partial charge in [0.05, 0.1) is 4.92 Å². The highest BCUT2D eigenvalue weighted by Crippen LogP contribution is 2.21. The van der Waals surface area contributed by atoms with Gasteiger partial charge in [0, 0.05) is 6.20 Å². The van der Waals surface area contributed by atoms with Crippen molar-refractivity contribution >= 4 is 17.9 Å². The van der Waals surface area contributed by atoms with Crippen LogP contribution < -0.4 is 0 Å². The van der Waals surface area contributed by atoms with Gasteiger partial charge in [-0.2, -0.15) is 0 Å². The van der Waals surface area contributed by atoms with E-state index in [1.54, 1.807) is 0 Å². The second-order valence-electron chi connectivity index (χ2n) is 2.15. The molecule has 0 aromatic carbocycles. The molecule has 0 aliphatic rings. The monoisotopic (exact) mass is 184 g/mol. The lowest BCUT2D eigenvalue weighted by atomic mass is 10.3. The molecule has 0 saturated heterocycles. The van der Waals surface area contributed by atoms with Gasteiger partial charge in [0.2, 0.25) is 5.69 Å². The fraction of sp³-hybridized carbons (Fsp3) is 0. The normalized spacial score (nSPS) is 9.54. The molecule has 0 atom stereocenters. The number of nitrogens with zero attached hydrogens (tertiary/aromatic N) is 1. The van der Waals surface area contributed by atoms with Gasteiger partial charge in [0.25, 0.3) is 0 Å². The Morgan fingerprint density at radius 2 is 2.31 bits per heavy atom. The standard InChI is InChI=1S/C6H4N2O5/c9-2-3-1-7-4(6(10)11)5(3)8(12)13/h1-2,7H,(H,10,11). The molecule has 0 fully saturated rings. The molecule has 1 heterocycles. The largest absolute Gasteiger partial charge is 0.476 e. The SMILES string of the molecule is O=Cc1c[nH]c(C(=O)O)c1[N+](=O)[O-]. The highest BCUT2D eigenvalue weighted by atomic mass is 16.6. The van der Waals surface area contributed by atoms with Crippen LogP contribution in [0.25, 0.3) is 0 Å². The number of carbonyl (C=O) groups excluding carboxylic acids is 1. The Balaban J connectivity index is 3.38. The highest BCUT2D eigenvalue weighted by molar-refractivity contribution is 5.95. The molecule has 68 valence electrons. The van der Waals surface area contributed by atoms with Gasteiger partial charge < -0.3 is 10.1 Å². The third kappa shape index (κ3) is 1.39. The number of rotatable bonds is 3. The number of nitro groups is 1. The molecule has 0 unspecified atom stereocenters. The maximum Gasteiger partial charge on any atom is 0.359 e. The van der Waals surface area contributed by atoms with Gasteiger partial charge in [0.15, 0.2) is 6.29 Å². The summed E-state index contributed by atoms with van der Waals surface area (Å²) in [6, 6.07) is 0. The second-order valence-corrected chi connectivity index (χ2v) is 2.15. The Kier molecular flexibility index (Phi) is 2.09. The Morgan fingerprint density at radius 3 is 2.69 bits per heavy atom. The van der Waals surface area contributed by atoms with Crippen molar-refractivity contribution in [1.29, 1.82) is 0 Å². The minimum absolute atomic E-state index is 0.223. The minimum atomic E-state index is -1.47. The quantitative estimate of drug-likeness (QED) is 0.401. The Labute approximate surface area is 71.1 Å². The van der Waals surface area contributed by atoms with Crippen molar-refractivity contribution in [2.24, 2.45) is 0 Å². The lowest BCUT2D eigenvalue weighted by Crippen LogP contribution is -2.02. The second kappa shape index (κ2) is 3.05. The number of aldehydes is 1. The third-order valence-electron chi connectivity index (χ3n) is 1.41. The van der Waals surface area contributed by atoms with E-state index >= 15 is 0 Å². The van der Waals surface area contributed by atoms with Gasteiger partial charge in [0.1, 0.15) is 5.56 Å². The van der Waals surface area contributed by atoms with Crippen molar-refractivity contribution in [1.82, 2.24) is 4.98 Å². The molecule has 0 amide bonds. The first-order valence-electron chi connectivity index (χ1n) is 3.12. The number of aromatic amines is 1. The van der Waals surface area contributed by atoms with Crippen molar-refractivity contribution < 1.29 is 19.6 Å². The minimum Gasteiger partial charge on any atom is -0.476 e. The number of hydrogen-bond donors (Lipinski definition) is 2. The molecular formula is C6H4N2O5. The van der Waals surface area contributed by atoms with Gasteiger partial charge in [-0.1, -0.05) is 0 Å². The molecular weight excluding hydrogens is 180 g/mol. The van der Waals surface area contributed by atoms with Gasteiger partial charge in [-0.3, -0.25) is 14.9 Å². The van der Waals surface area contributed by atoms with E-state index in [1.165, 1.54) is 0 Å². The van der Waals surface area contributed by atoms with Crippen molar-refractivity contribution in [3.63, 3.8) is 0 Å². The fourth-order valence-electron chi connectivity index (χ4n) is 0.881. The number of hydrogen-bond acceptors (Lipinski definition) is 4. The molecule has 2 N–H and O–H groups in total. The average molecular weight is 184 g/mol. The van der Waals surface area contributed by atoms with E-state index in [-0.39, 0.29) is 11.8 Å². The number of aromatic carboxylic acids is 1. The van der Waals surface area contributed by atoms with E-state index in [2.05, 4.69) is 4.98 Å². The van der Waals surface area contributed by atoms with Crippen LogP contribution >= 0.6 is 0 Å². The maximum absolute atomic E-state index is 10.4. The fourth-order valence-corrected chi connectivity index (χ4v) is 0.881. The summed E-state index contributed by atoms with van der Waals surface area (Å²) < 4.78 is 0. The van der Waals surface area contributed by atoms with E-state index < -0.39 is 22.3 Å². The number of carboxylic acids is 1. The first kappa shape index (κ1) is 8.91. The van der Waals surface area contributed by atoms with E-state index in [1.807, 2.05) is 0 Å². The van der Waals surface area contributed by atoms with Crippen molar-refractivity contribution in [2.75, 3.05) is 0 Å². The lowest BCUT2D eigenvalue weighted by molar-refractivity contribution is -0.385. The summed E-state index contributed by atoms with van der Waals surface area (Å²) in [4.78, 5) is 32.2. The molecule has 0 aliphatic carbocycles. The number of nitrogens with one attached hydrogen (secondary N) is 1. The highest BCUT2D eigenvalue weighted by Gasteiger charge is 2.26. The molecule has 0 bridgehead atoms. The maximum atomic E-state index is 10.4. The predicted octanol–water partition coefficient (Wildman–Crippen LogP) is 0.434. The zero-order valence-electron chi connectivity index (χ0n) is 6.18. The van der Waals surface area contributed by atoms with Crippen LogP contribution in [0.1, 0.15) is 20.8 Å². The summed E-state index contributed by atoms with van der Waals surface area (Å²) in [5.41, 5.74) is -1.57. The summed E-state index contributed by atoms with van der Waals surface area (Å²) in [7, 11) is 0. The van der Waals surface area contributed by atoms with E-state index in [0.717, 1.165) is 6.20 Å². The average Bonchev–Trinajstić information content (AvgIpc) is 2.46. The first-order valence-corrected chi connectivity index (χ1v) is 3.12. The molecule has 1 rings (SSSR count). The van der Waals surface area contributed by atoms with Crippen molar-refractivity contribution in [3.05, 3.63) is 27.6 Å². The number of aromatic nitrogens is 1. The number of carbonyl (C=O) groups is 2. The third-order valence-corrected chi connectivity index (χ3v) is 1.41. The van der Waals surface area contributed by atoms with E-state index in [9.17, 15) is 19.7 Å². The van der Waals surface area contributed by atoms with E-state index in [0.29, 0.717) is 0 Å². The zero-order valence-corrected chi connectivity index (χ0v) is 6.18. The van der Waals surface area contributed by atoms with Crippen LogP contribution in [-0.2, 0) is 0 Å². The first-order chi connectivity index (χ1) is 6.07. The number of H-pyrrole nitrogens is 1. The Hall–Kier alpha value is -2.18. The lowest BCUT2D eigenvalue weighted by Gasteiger charge is -1.89. The smallest absolute Gasteiger partial charge is 0.359 e. The summed E-state index contributed by atoms with van der Waals surface area (Å²) in [6.45, 7) is 0. The summed E-state index contributed by atoms with van der Waals surface area (Å²) in [6.07, 6.45) is 1.20. The zero-order chi connectivity index (χ0) is 10.0. The predicted molar refractivity (Wildman–Crippen MR) is 39.8 cm³/mol. The molecule has 7 nitrogen and oxygen atoms in total. The van der Waals surface area contributed by atoms with Gasteiger partial charge in [-0.05, 0) is 0 Å². The van der Waals surface area contributed by atoms with Crippen LogP contribution in [0.15, 0.2) is 6.20 Å². The molecule has 0 saturated carbocycles. The Morgan fingerprint density at radius 1 is 1.69 bits per heavy atom. The molecule has 1 aromatic rings. The van der Waals surface area contributed by atoms with Gasteiger partial charge in [-0.25, -0.2) is 4.79 Å².